The van der Waals surface area contributed by atoms with Gasteiger partial charge in [0.05, 0.1) is 18.0 Å². The van der Waals surface area contributed by atoms with Gasteiger partial charge in [-0.05, 0) is 24.3 Å². The third-order valence-corrected chi connectivity index (χ3v) is 5.12. The fourth-order valence-corrected chi connectivity index (χ4v) is 3.43. The molecule has 1 saturated heterocycles. The number of benzene rings is 2. The predicted octanol–water partition coefficient (Wildman–Crippen LogP) is 0.0261. The van der Waals surface area contributed by atoms with E-state index in [1.165, 1.54) is 0 Å². The number of nitrogens with one attached hydrogen (secondary N) is 5. The second-order valence-electron chi connectivity index (χ2n) is 7.31. The van der Waals surface area contributed by atoms with Crippen LogP contribution in [-0.4, -0.2) is 49.8 Å². The number of aliphatic hydroxyl groups excluding tert-OH is 3. The second-order valence-corrected chi connectivity index (χ2v) is 7.31. The summed E-state index contributed by atoms with van der Waals surface area (Å²) in [6, 6.07) is 17.9. The molecule has 4 rings (SSSR count). The minimum atomic E-state index is -1.54. The molecule has 0 spiro atoms. The van der Waals surface area contributed by atoms with E-state index in [1.54, 1.807) is 48.5 Å². The van der Waals surface area contributed by atoms with Gasteiger partial charge >= 0.3 is 5.69 Å². The van der Waals surface area contributed by atoms with E-state index in [-0.39, 0.29) is 11.5 Å². The number of aromatic amines is 1. The van der Waals surface area contributed by atoms with Crippen molar-refractivity contribution in [2.45, 2.75) is 24.5 Å². The van der Waals surface area contributed by atoms with Crippen molar-refractivity contribution in [3.05, 3.63) is 81.5 Å². The van der Waals surface area contributed by atoms with E-state index in [0.717, 1.165) is 4.57 Å². The van der Waals surface area contributed by atoms with Gasteiger partial charge in [0.15, 0.2) is 17.7 Å². The van der Waals surface area contributed by atoms with E-state index in [4.69, 9.17) is 4.74 Å². The molecule has 0 bridgehead atoms. The molecule has 8 N–H and O–H groups in total. The van der Waals surface area contributed by atoms with Crippen LogP contribution in [0.2, 0.25) is 0 Å². The molecule has 0 saturated carbocycles. The first kappa shape index (κ1) is 22.4. The lowest BCUT2D eigenvalue weighted by molar-refractivity contribution is -0.0538. The molecule has 12 nitrogen and oxygen atoms in total. The summed E-state index contributed by atoms with van der Waals surface area (Å²) in [5, 5.41) is 30.1. The van der Waals surface area contributed by atoms with Crippen molar-refractivity contribution in [2.75, 3.05) is 28.3 Å². The molecule has 0 unspecified atom stereocenters. The van der Waals surface area contributed by atoms with Crippen LogP contribution in [0, 0.1) is 0 Å². The molecule has 2 heterocycles. The van der Waals surface area contributed by atoms with Gasteiger partial charge in [-0.15, -0.1) is 0 Å². The average molecular weight is 456 g/mol. The number of hydrazine groups is 2. The van der Waals surface area contributed by atoms with Crippen molar-refractivity contribution in [3.8, 4) is 0 Å². The van der Waals surface area contributed by atoms with Crippen molar-refractivity contribution in [1.29, 1.82) is 0 Å². The first-order chi connectivity index (χ1) is 16.0. The van der Waals surface area contributed by atoms with E-state index in [1.807, 2.05) is 12.1 Å². The smallest absolute Gasteiger partial charge is 0.332 e. The zero-order chi connectivity index (χ0) is 23.4. The standard InChI is InChI=1S/C21H24N6O6/c28-11-14-16(29)17(30)20(33-14)27-18(26-24-13-9-5-2-6-10-13)15(19(31)22-21(27)32)25-23-12-7-3-1-4-8-12/h1-10,14,16-17,20,23-26,28-30H,11H2,(H,22,31,32)/t14-,16+,17+,20+/m0/s1. The van der Waals surface area contributed by atoms with Gasteiger partial charge in [0.1, 0.15) is 18.3 Å². The number of para-hydroxylation sites is 2. The Bertz CT molecular complexity index is 1190. The van der Waals surface area contributed by atoms with Crippen molar-refractivity contribution in [1.82, 2.24) is 9.55 Å². The van der Waals surface area contributed by atoms with Gasteiger partial charge in [-0.3, -0.25) is 26.1 Å². The number of nitrogens with zero attached hydrogens (tertiary/aromatic N) is 1. The molecule has 0 aliphatic carbocycles. The largest absolute Gasteiger partial charge is 0.394 e. The zero-order valence-electron chi connectivity index (χ0n) is 17.3. The molecule has 33 heavy (non-hydrogen) atoms. The lowest BCUT2D eigenvalue weighted by Gasteiger charge is -2.24. The maximum Gasteiger partial charge on any atom is 0.332 e. The van der Waals surface area contributed by atoms with Crippen LogP contribution in [0.1, 0.15) is 6.23 Å². The number of hydrogen-bond donors (Lipinski definition) is 8. The molecule has 1 fully saturated rings. The van der Waals surface area contributed by atoms with E-state index in [2.05, 4.69) is 26.7 Å². The van der Waals surface area contributed by atoms with Crippen LogP contribution in [0.4, 0.5) is 22.9 Å². The molecule has 1 aliphatic heterocycles. The highest BCUT2D eigenvalue weighted by Crippen LogP contribution is 2.32. The highest BCUT2D eigenvalue weighted by Gasteiger charge is 2.45. The number of ether oxygens (including phenoxy) is 1. The third kappa shape index (κ3) is 4.68. The van der Waals surface area contributed by atoms with Gasteiger partial charge in [0.2, 0.25) is 0 Å². The Morgan fingerprint density at radius 3 is 1.97 bits per heavy atom. The maximum absolute atomic E-state index is 12.8. The van der Waals surface area contributed by atoms with Gasteiger partial charge in [-0.2, -0.15) is 0 Å². The number of aliphatic hydroxyl groups is 3. The molecule has 12 heteroatoms. The summed E-state index contributed by atoms with van der Waals surface area (Å²) in [5.41, 5.74) is 10.9. The molecule has 0 radical (unpaired) electrons. The number of H-pyrrole nitrogens is 1. The first-order valence-corrected chi connectivity index (χ1v) is 10.1. The average Bonchev–Trinajstić information content (AvgIpc) is 3.11. The number of anilines is 4. The molecular formula is C21H24N6O6. The Labute approximate surface area is 187 Å². The molecule has 3 aromatic rings. The fraction of sp³-hybridized carbons (Fsp3) is 0.238. The Kier molecular flexibility index (Phi) is 6.60. The monoisotopic (exact) mass is 456 g/mol. The van der Waals surface area contributed by atoms with Gasteiger partial charge in [0.25, 0.3) is 5.56 Å². The number of aromatic nitrogens is 2. The quantitative estimate of drug-likeness (QED) is 0.216. The van der Waals surface area contributed by atoms with Gasteiger partial charge in [0, 0.05) is 0 Å². The van der Waals surface area contributed by atoms with Crippen LogP contribution in [-0.2, 0) is 4.74 Å². The van der Waals surface area contributed by atoms with Crippen molar-refractivity contribution >= 4 is 22.9 Å². The van der Waals surface area contributed by atoms with Crippen LogP contribution >= 0.6 is 0 Å². The van der Waals surface area contributed by atoms with Gasteiger partial charge < -0.3 is 25.5 Å². The van der Waals surface area contributed by atoms with E-state index in [9.17, 15) is 24.9 Å². The van der Waals surface area contributed by atoms with Crippen molar-refractivity contribution in [2.24, 2.45) is 0 Å². The summed E-state index contributed by atoms with van der Waals surface area (Å²) in [4.78, 5) is 27.7. The SMILES string of the molecule is O=c1[nH]c(=O)n([C@@H]2O[C@@H](CO)[C@@H](O)[C@H]2O)c(NNc2ccccc2)c1NNc1ccccc1. The summed E-state index contributed by atoms with van der Waals surface area (Å²) in [5.74, 6) is -0.0779. The van der Waals surface area contributed by atoms with Gasteiger partial charge in [-0.25, -0.2) is 9.36 Å². The number of rotatable bonds is 8. The normalized spacial score (nSPS) is 22.0. The first-order valence-electron chi connectivity index (χ1n) is 10.1. The van der Waals surface area contributed by atoms with Crippen LogP contribution in [0.25, 0.3) is 0 Å². The molecular weight excluding hydrogens is 432 g/mol. The Hall–Kier alpha value is -3.84. The summed E-state index contributed by atoms with van der Waals surface area (Å²) in [7, 11) is 0. The van der Waals surface area contributed by atoms with E-state index < -0.39 is 42.4 Å². The lowest BCUT2D eigenvalue weighted by Crippen LogP contribution is -2.41. The molecule has 174 valence electrons. The van der Waals surface area contributed by atoms with E-state index >= 15 is 0 Å². The molecule has 1 aliphatic rings. The predicted molar refractivity (Wildman–Crippen MR) is 122 cm³/mol. The van der Waals surface area contributed by atoms with Gasteiger partial charge in [-0.1, -0.05) is 36.4 Å². The highest BCUT2D eigenvalue weighted by atomic mass is 16.6. The second kappa shape index (κ2) is 9.75. The lowest BCUT2D eigenvalue weighted by atomic mass is 10.1. The maximum atomic E-state index is 12.8. The Morgan fingerprint density at radius 2 is 1.42 bits per heavy atom. The highest BCUT2D eigenvalue weighted by molar-refractivity contribution is 5.68. The Balaban J connectivity index is 1.75. The fourth-order valence-electron chi connectivity index (χ4n) is 3.43. The summed E-state index contributed by atoms with van der Waals surface area (Å²) < 4.78 is 6.48. The number of hydrogen-bond acceptors (Lipinski definition) is 10. The molecule has 1 aromatic heterocycles. The van der Waals surface area contributed by atoms with Crippen molar-refractivity contribution in [3.63, 3.8) is 0 Å². The molecule has 0 amide bonds. The molecule has 4 atom stereocenters. The summed E-state index contributed by atoms with van der Waals surface area (Å²) >= 11 is 0. The third-order valence-electron chi connectivity index (χ3n) is 5.12. The van der Waals surface area contributed by atoms with Crippen molar-refractivity contribution < 1.29 is 20.1 Å². The van der Waals surface area contributed by atoms with Crippen LogP contribution < -0.4 is 33.0 Å². The van der Waals surface area contributed by atoms with E-state index in [0.29, 0.717) is 11.4 Å². The van der Waals surface area contributed by atoms with Crippen LogP contribution in [0.15, 0.2) is 70.3 Å². The zero-order valence-corrected chi connectivity index (χ0v) is 17.3. The van der Waals surface area contributed by atoms with Crippen LogP contribution in [0.5, 0.6) is 0 Å². The topological polar surface area (TPSA) is 173 Å². The minimum absolute atomic E-state index is 0.0779. The summed E-state index contributed by atoms with van der Waals surface area (Å²) in [6.07, 6.45) is -5.48. The Morgan fingerprint density at radius 1 is 0.848 bits per heavy atom. The molecule has 2 aromatic carbocycles. The minimum Gasteiger partial charge on any atom is -0.394 e. The summed E-state index contributed by atoms with van der Waals surface area (Å²) in [6.45, 7) is -0.571. The van der Waals surface area contributed by atoms with Crippen LogP contribution in [0.3, 0.4) is 0 Å².